The fraction of sp³-hybridized carbons (Fsp3) is 1.00. The molecule has 0 heterocycles. The Labute approximate surface area is 129 Å². The van der Waals surface area contributed by atoms with Crippen LogP contribution in [-0.4, -0.2) is 6.54 Å². The van der Waals surface area contributed by atoms with Crippen molar-refractivity contribution in [3.8, 4) is 0 Å². The Kier molecular flexibility index (Phi) is 34.0. The van der Waals surface area contributed by atoms with E-state index in [9.17, 15) is 0 Å². The first-order valence-electron chi connectivity index (χ1n) is 9.03. The molecule has 2 nitrogen and oxygen atoms in total. The van der Waals surface area contributed by atoms with Gasteiger partial charge < -0.3 is 11.9 Å². The van der Waals surface area contributed by atoms with Crippen molar-refractivity contribution < 1.29 is 0 Å². The van der Waals surface area contributed by atoms with Gasteiger partial charge in [0, 0.05) is 0 Å². The van der Waals surface area contributed by atoms with E-state index in [2.05, 4.69) is 20.8 Å². The summed E-state index contributed by atoms with van der Waals surface area (Å²) < 4.78 is 0. The van der Waals surface area contributed by atoms with Crippen LogP contribution in [0.5, 0.6) is 0 Å². The number of hydrogen-bond acceptors (Lipinski definition) is 2. The molecule has 5 N–H and O–H groups in total. The van der Waals surface area contributed by atoms with E-state index in [0.29, 0.717) is 0 Å². The van der Waals surface area contributed by atoms with Gasteiger partial charge in [0.05, 0.1) is 0 Å². The summed E-state index contributed by atoms with van der Waals surface area (Å²) in [6.45, 7) is 7.61. The summed E-state index contributed by atoms with van der Waals surface area (Å²) in [5, 5.41) is 0. The van der Waals surface area contributed by atoms with Gasteiger partial charge in [-0.25, -0.2) is 0 Å². The quantitative estimate of drug-likeness (QED) is 0.374. The molecule has 0 aromatic carbocycles. The van der Waals surface area contributed by atoms with E-state index in [1.165, 1.54) is 89.9 Å². The first-order valence-corrected chi connectivity index (χ1v) is 9.03. The summed E-state index contributed by atoms with van der Waals surface area (Å²) >= 11 is 0. The lowest BCUT2D eigenvalue weighted by molar-refractivity contribution is 0.558. The van der Waals surface area contributed by atoms with E-state index in [0.717, 1.165) is 6.54 Å². The molecule has 0 aliphatic rings. The zero-order chi connectivity index (χ0) is 14.6. The van der Waals surface area contributed by atoms with Crippen LogP contribution in [0.4, 0.5) is 0 Å². The fourth-order valence-corrected chi connectivity index (χ4v) is 2.13. The molecule has 2 heteroatoms. The first kappa shape index (κ1) is 24.9. The molecule has 0 aromatic rings. The predicted octanol–water partition coefficient (Wildman–Crippen LogP) is 6.61. The van der Waals surface area contributed by atoms with Gasteiger partial charge in [0.2, 0.25) is 0 Å². The summed E-state index contributed by atoms with van der Waals surface area (Å²) in [5.74, 6) is 0. The van der Waals surface area contributed by atoms with E-state index >= 15 is 0 Å². The lowest BCUT2D eigenvalue weighted by Crippen LogP contribution is -1.97. The Balaban J connectivity index is -0.000000352. The van der Waals surface area contributed by atoms with Gasteiger partial charge >= 0.3 is 0 Å². The minimum absolute atomic E-state index is 0. The number of nitrogens with two attached hydrogens (primary N) is 1. The van der Waals surface area contributed by atoms with Crippen LogP contribution in [0.15, 0.2) is 0 Å². The average molecular weight is 289 g/mol. The molecule has 126 valence electrons. The van der Waals surface area contributed by atoms with Gasteiger partial charge in [0.15, 0.2) is 0 Å². The second-order valence-electron chi connectivity index (χ2n) is 5.68. The van der Waals surface area contributed by atoms with Crippen molar-refractivity contribution in [2.45, 2.75) is 111 Å². The van der Waals surface area contributed by atoms with Crippen LogP contribution < -0.4 is 11.9 Å². The monoisotopic (exact) mass is 288 g/mol. The van der Waals surface area contributed by atoms with Crippen LogP contribution in [0.25, 0.3) is 0 Å². The topological polar surface area (TPSA) is 61.0 Å². The van der Waals surface area contributed by atoms with Gasteiger partial charge in [-0.3, -0.25) is 0 Å². The van der Waals surface area contributed by atoms with Crippen molar-refractivity contribution in [3.05, 3.63) is 0 Å². The van der Waals surface area contributed by atoms with Gasteiger partial charge in [0.1, 0.15) is 0 Å². The Morgan fingerprint density at radius 2 is 0.700 bits per heavy atom. The molecular formula is C18H44N2. The lowest BCUT2D eigenvalue weighted by Gasteiger charge is -2.00. The molecule has 0 amide bonds. The molecule has 0 spiro atoms. The number of hydrogen-bond donors (Lipinski definition) is 2. The Hall–Kier alpha value is -0.0800. The molecule has 0 aliphatic heterocycles. The highest BCUT2D eigenvalue weighted by Crippen LogP contribution is 2.09. The minimum Gasteiger partial charge on any atom is -0.344 e. The highest BCUT2D eigenvalue weighted by Gasteiger charge is 1.91. The molecule has 0 bridgehead atoms. The van der Waals surface area contributed by atoms with E-state index < -0.39 is 0 Å². The molecule has 0 aliphatic carbocycles. The normalized spacial score (nSPS) is 9.60. The van der Waals surface area contributed by atoms with Gasteiger partial charge in [-0.2, -0.15) is 0 Å². The van der Waals surface area contributed by atoms with E-state index in [4.69, 9.17) is 5.73 Å². The Bertz CT molecular complexity index is 113. The maximum atomic E-state index is 5.42. The second kappa shape index (κ2) is 27.3. The zero-order valence-electron chi connectivity index (χ0n) is 14.9. The van der Waals surface area contributed by atoms with Crippen LogP contribution in [0, 0.1) is 0 Å². The van der Waals surface area contributed by atoms with Crippen LogP contribution >= 0.6 is 0 Å². The van der Waals surface area contributed by atoms with Crippen molar-refractivity contribution in [2.24, 2.45) is 5.73 Å². The Morgan fingerprint density at radius 3 is 1.00 bits per heavy atom. The zero-order valence-corrected chi connectivity index (χ0v) is 14.9. The smallest absolute Gasteiger partial charge is 0.00773 e. The van der Waals surface area contributed by atoms with Crippen LogP contribution in [0.2, 0.25) is 0 Å². The molecule has 0 rings (SSSR count). The molecule has 0 fully saturated rings. The molecule has 0 aromatic heterocycles. The second-order valence-corrected chi connectivity index (χ2v) is 5.68. The molecule has 0 atom stereocenters. The number of unbranched alkanes of at least 4 members (excludes halogenated alkanes) is 12. The van der Waals surface area contributed by atoms with Crippen molar-refractivity contribution >= 4 is 0 Å². The van der Waals surface area contributed by atoms with Crippen molar-refractivity contribution in [1.82, 2.24) is 6.15 Å². The maximum absolute atomic E-state index is 5.42. The van der Waals surface area contributed by atoms with Gasteiger partial charge in [-0.05, 0) is 13.0 Å². The average Bonchev–Trinajstić information content (AvgIpc) is 2.44. The number of rotatable bonds is 13. The third kappa shape index (κ3) is 30.7. The van der Waals surface area contributed by atoms with Crippen molar-refractivity contribution in [3.63, 3.8) is 0 Å². The summed E-state index contributed by atoms with van der Waals surface area (Å²) in [5.41, 5.74) is 5.42. The predicted molar refractivity (Wildman–Crippen MR) is 95.7 cm³/mol. The third-order valence-corrected chi connectivity index (χ3v) is 3.51. The first-order chi connectivity index (χ1) is 9.33. The molecule has 0 radical (unpaired) electrons. The Morgan fingerprint density at radius 1 is 0.450 bits per heavy atom. The van der Waals surface area contributed by atoms with E-state index in [1.807, 2.05) is 0 Å². The summed E-state index contributed by atoms with van der Waals surface area (Å²) in [7, 11) is 0. The van der Waals surface area contributed by atoms with Gasteiger partial charge in [0.25, 0.3) is 0 Å². The summed E-state index contributed by atoms with van der Waals surface area (Å²) in [6.07, 6.45) is 19.5. The standard InChI is InChI=1S/C12H27N.C6H14.H3N/c1-2-3-4-5-6-7-8-9-10-11-12-13;1-3-5-6-4-2;/h2-13H2,1H3;3-6H2,1-2H3;1H3. The largest absolute Gasteiger partial charge is 0.344 e. The van der Waals surface area contributed by atoms with Crippen molar-refractivity contribution in [2.75, 3.05) is 6.54 Å². The third-order valence-electron chi connectivity index (χ3n) is 3.51. The highest BCUT2D eigenvalue weighted by atomic mass is 14.5. The van der Waals surface area contributed by atoms with Crippen LogP contribution in [-0.2, 0) is 0 Å². The fourth-order valence-electron chi connectivity index (χ4n) is 2.13. The van der Waals surface area contributed by atoms with E-state index in [1.54, 1.807) is 0 Å². The molecule has 0 saturated carbocycles. The van der Waals surface area contributed by atoms with E-state index in [-0.39, 0.29) is 6.15 Å². The van der Waals surface area contributed by atoms with Crippen molar-refractivity contribution in [1.29, 1.82) is 0 Å². The molecule has 0 unspecified atom stereocenters. The molecule has 20 heavy (non-hydrogen) atoms. The van der Waals surface area contributed by atoms with Gasteiger partial charge in [-0.15, -0.1) is 0 Å². The maximum Gasteiger partial charge on any atom is -0.00773 e. The summed E-state index contributed by atoms with van der Waals surface area (Å²) in [4.78, 5) is 0. The SMILES string of the molecule is CCCCCC.CCCCCCCCCCCCN.N. The summed E-state index contributed by atoms with van der Waals surface area (Å²) in [6, 6.07) is 0. The van der Waals surface area contributed by atoms with Gasteiger partial charge in [-0.1, -0.05) is 104 Å². The lowest BCUT2D eigenvalue weighted by atomic mass is 10.1. The van der Waals surface area contributed by atoms with Crippen LogP contribution in [0.1, 0.15) is 111 Å². The van der Waals surface area contributed by atoms with Crippen LogP contribution in [0.3, 0.4) is 0 Å². The minimum atomic E-state index is 0. The molecule has 0 saturated heterocycles. The molecular weight excluding hydrogens is 244 g/mol. The highest BCUT2D eigenvalue weighted by molar-refractivity contribution is 4.47.